The highest BCUT2D eigenvalue weighted by molar-refractivity contribution is 5.77. The molecule has 2 amide bonds. The van der Waals surface area contributed by atoms with Gasteiger partial charge in [-0.15, -0.1) is 0 Å². The molecule has 1 heterocycles. The van der Waals surface area contributed by atoms with Gasteiger partial charge < -0.3 is 20.1 Å². The molecule has 2 N–H and O–H groups in total. The van der Waals surface area contributed by atoms with Crippen LogP contribution in [0.5, 0.6) is 0 Å². The van der Waals surface area contributed by atoms with Crippen LogP contribution in [-0.2, 0) is 9.53 Å². The number of aliphatic carboxylic acids is 1. The number of rotatable bonds is 3. The molecule has 2 aliphatic rings. The van der Waals surface area contributed by atoms with Gasteiger partial charge in [0.15, 0.2) is 6.10 Å². The molecule has 20 heavy (non-hydrogen) atoms. The highest BCUT2D eigenvalue weighted by atomic mass is 16.5. The molecule has 0 aromatic rings. The summed E-state index contributed by atoms with van der Waals surface area (Å²) >= 11 is 0. The van der Waals surface area contributed by atoms with Gasteiger partial charge in [-0.1, -0.05) is 13.3 Å². The maximum absolute atomic E-state index is 12.2. The largest absolute Gasteiger partial charge is 0.479 e. The summed E-state index contributed by atoms with van der Waals surface area (Å²) in [5.74, 6) is -0.214. The summed E-state index contributed by atoms with van der Waals surface area (Å²) in [5, 5.41) is 12.0. The summed E-state index contributed by atoms with van der Waals surface area (Å²) in [6, 6.07) is 0.0796. The van der Waals surface area contributed by atoms with Crippen molar-refractivity contribution in [2.75, 3.05) is 19.7 Å². The van der Waals surface area contributed by atoms with Crippen LogP contribution in [0.3, 0.4) is 0 Å². The first-order valence-electron chi connectivity index (χ1n) is 7.50. The molecular weight excluding hydrogens is 260 g/mol. The van der Waals surface area contributed by atoms with Crippen molar-refractivity contribution in [1.82, 2.24) is 10.2 Å². The van der Waals surface area contributed by atoms with Gasteiger partial charge in [0.2, 0.25) is 0 Å². The molecule has 0 radical (unpaired) electrons. The first kappa shape index (κ1) is 15.1. The number of ether oxygens (including phenoxy) is 1. The van der Waals surface area contributed by atoms with Gasteiger partial charge in [0.1, 0.15) is 0 Å². The number of nitrogens with zero attached hydrogens (tertiary/aromatic N) is 1. The molecule has 0 aromatic carbocycles. The molecular formula is C14H24N2O4. The number of carboxylic acid groups (broad SMARTS) is 1. The molecule has 1 aliphatic heterocycles. The second kappa shape index (κ2) is 6.92. The van der Waals surface area contributed by atoms with Crippen LogP contribution in [0.25, 0.3) is 0 Å². The van der Waals surface area contributed by atoms with Gasteiger partial charge in [0.05, 0.1) is 13.2 Å². The number of hydrogen-bond acceptors (Lipinski definition) is 3. The summed E-state index contributed by atoms with van der Waals surface area (Å²) in [6.45, 7) is 3.09. The van der Waals surface area contributed by atoms with Crippen LogP contribution in [0, 0.1) is 5.92 Å². The average molecular weight is 284 g/mol. The Balaban J connectivity index is 1.78. The number of carbonyl (C=O) groups is 2. The number of urea groups is 1. The van der Waals surface area contributed by atoms with Crippen LogP contribution in [-0.4, -0.2) is 53.8 Å². The lowest BCUT2D eigenvalue weighted by molar-refractivity contribution is -0.154. The van der Waals surface area contributed by atoms with Gasteiger partial charge in [-0.25, -0.2) is 9.59 Å². The second-order valence-electron chi connectivity index (χ2n) is 5.72. The third kappa shape index (κ3) is 3.85. The summed E-state index contributed by atoms with van der Waals surface area (Å²) in [4.78, 5) is 24.6. The van der Waals surface area contributed by atoms with Gasteiger partial charge >= 0.3 is 12.0 Å². The highest BCUT2D eigenvalue weighted by Crippen LogP contribution is 2.26. The first-order valence-corrected chi connectivity index (χ1v) is 7.50. The molecule has 1 unspecified atom stereocenters. The third-order valence-corrected chi connectivity index (χ3v) is 4.38. The highest BCUT2D eigenvalue weighted by Gasteiger charge is 2.30. The van der Waals surface area contributed by atoms with Gasteiger partial charge in [0.25, 0.3) is 0 Å². The Morgan fingerprint density at radius 2 is 2.00 bits per heavy atom. The van der Waals surface area contributed by atoms with E-state index in [1.165, 1.54) is 19.3 Å². The van der Waals surface area contributed by atoms with Crippen LogP contribution in [0.15, 0.2) is 0 Å². The number of carbonyl (C=O) groups excluding carboxylic acids is 1. The molecule has 1 saturated heterocycles. The van der Waals surface area contributed by atoms with E-state index in [9.17, 15) is 9.59 Å². The Labute approximate surface area is 119 Å². The molecule has 1 saturated carbocycles. The van der Waals surface area contributed by atoms with Crippen molar-refractivity contribution >= 4 is 12.0 Å². The molecule has 1 atom stereocenters. The zero-order chi connectivity index (χ0) is 14.5. The lowest BCUT2D eigenvalue weighted by Gasteiger charge is -2.34. The monoisotopic (exact) mass is 284 g/mol. The fourth-order valence-corrected chi connectivity index (χ4v) is 2.96. The molecule has 2 rings (SSSR count). The van der Waals surface area contributed by atoms with Crippen molar-refractivity contribution in [2.45, 2.75) is 51.2 Å². The predicted molar refractivity (Wildman–Crippen MR) is 73.5 cm³/mol. The minimum absolute atomic E-state index is 0.130. The molecule has 0 bridgehead atoms. The van der Waals surface area contributed by atoms with Crippen molar-refractivity contribution in [3.63, 3.8) is 0 Å². The van der Waals surface area contributed by atoms with Gasteiger partial charge in [-0.2, -0.15) is 0 Å². The van der Waals surface area contributed by atoms with Crippen LogP contribution < -0.4 is 5.32 Å². The number of carboxylic acids is 1. The van der Waals surface area contributed by atoms with Crippen LogP contribution in [0.2, 0.25) is 0 Å². The Bertz CT molecular complexity index is 353. The summed E-state index contributed by atoms with van der Waals surface area (Å²) in [5.41, 5.74) is 0. The molecule has 6 nitrogen and oxygen atoms in total. The van der Waals surface area contributed by atoms with Crippen molar-refractivity contribution in [1.29, 1.82) is 0 Å². The van der Waals surface area contributed by atoms with Crippen LogP contribution >= 0.6 is 0 Å². The fraction of sp³-hybridized carbons (Fsp3) is 0.857. The number of hydrogen-bond donors (Lipinski definition) is 2. The maximum atomic E-state index is 12.2. The summed E-state index contributed by atoms with van der Waals surface area (Å²) in [6.07, 6.45) is 4.70. The van der Waals surface area contributed by atoms with E-state index in [1.807, 2.05) is 0 Å². The minimum atomic E-state index is -1.01. The quantitative estimate of drug-likeness (QED) is 0.822. The first-order chi connectivity index (χ1) is 9.60. The normalized spacial score (nSPS) is 30.9. The zero-order valence-electron chi connectivity index (χ0n) is 12.0. The number of amides is 2. The fourth-order valence-electron chi connectivity index (χ4n) is 2.96. The Kier molecular flexibility index (Phi) is 5.23. The average Bonchev–Trinajstić information content (AvgIpc) is 2.48. The molecule has 0 spiro atoms. The lowest BCUT2D eigenvalue weighted by atomic mass is 9.84. The third-order valence-electron chi connectivity index (χ3n) is 4.38. The molecule has 1 aliphatic carbocycles. The Hall–Kier alpha value is -1.30. The molecule has 2 fully saturated rings. The van der Waals surface area contributed by atoms with E-state index in [-0.39, 0.29) is 25.2 Å². The van der Waals surface area contributed by atoms with E-state index in [1.54, 1.807) is 4.90 Å². The zero-order valence-corrected chi connectivity index (χ0v) is 12.0. The van der Waals surface area contributed by atoms with E-state index < -0.39 is 12.1 Å². The lowest BCUT2D eigenvalue weighted by Crippen LogP contribution is -2.53. The SMILES string of the molecule is CCC1CCC(NC(=O)N2CCOC(C(=O)O)C2)CC1. The molecule has 114 valence electrons. The van der Waals surface area contributed by atoms with Crippen LogP contribution in [0.1, 0.15) is 39.0 Å². The van der Waals surface area contributed by atoms with Gasteiger partial charge in [-0.3, -0.25) is 0 Å². The second-order valence-corrected chi connectivity index (χ2v) is 5.72. The molecule has 6 heteroatoms. The van der Waals surface area contributed by atoms with E-state index in [2.05, 4.69) is 12.2 Å². The smallest absolute Gasteiger partial charge is 0.334 e. The predicted octanol–water partition coefficient (Wildman–Crippen LogP) is 1.45. The van der Waals surface area contributed by atoms with Crippen molar-refractivity contribution in [3.05, 3.63) is 0 Å². The number of nitrogens with one attached hydrogen (secondary N) is 1. The Morgan fingerprint density at radius 3 is 2.60 bits per heavy atom. The standard InChI is InChI=1S/C14H24N2O4/c1-2-10-3-5-11(6-4-10)15-14(19)16-7-8-20-12(9-16)13(17)18/h10-12H,2-9H2,1H3,(H,15,19)(H,17,18). The van der Waals surface area contributed by atoms with Crippen LogP contribution in [0.4, 0.5) is 4.79 Å². The topological polar surface area (TPSA) is 78.9 Å². The van der Waals surface area contributed by atoms with Crippen molar-refractivity contribution < 1.29 is 19.4 Å². The van der Waals surface area contributed by atoms with Crippen molar-refractivity contribution in [3.8, 4) is 0 Å². The maximum Gasteiger partial charge on any atom is 0.334 e. The van der Waals surface area contributed by atoms with Gasteiger partial charge in [-0.05, 0) is 31.6 Å². The van der Waals surface area contributed by atoms with E-state index in [0.29, 0.717) is 6.54 Å². The van der Waals surface area contributed by atoms with E-state index in [4.69, 9.17) is 9.84 Å². The van der Waals surface area contributed by atoms with E-state index in [0.717, 1.165) is 18.8 Å². The van der Waals surface area contributed by atoms with E-state index >= 15 is 0 Å². The summed E-state index contributed by atoms with van der Waals surface area (Å²) in [7, 11) is 0. The Morgan fingerprint density at radius 1 is 1.30 bits per heavy atom. The van der Waals surface area contributed by atoms with Gasteiger partial charge in [0, 0.05) is 12.6 Å². The number of morpholine rings is 1. The summed E-state index contributed by atoms with van der Waals surface area (Å²) < 4.78 is 5.12. The molecule has 0 aromatic heterocycles. The minimum Gasteiger partial charge on any atom is -0.479 e. The van der Waals surface area contributed by atoms with Crippen molar-refractivity contribution in [2.24, 2.45) is 5.92 Å².